The Hall–Kier alpha value is -1.18. The van der Waals surface area contributed by atoms with E-state index in [1.54, 1.807) is 0 Å². The van der Waals surface area contributed by atoms with Crippen molar-refractivity contribution in [3.8, 4) is 0 Å². The number of aliphatic hydroxyl groups is 1. The van der Waals surface area contributed by atoms with Crippen LogP contribution in [0.4, 0.5) is 0 Å². The SMILES string of the molecule is CCCCCCCCC(CCCCCCCC)COC(=O)CCCCCN(CCC)CCN(CCO)CCCCCC(=O)OCC(CCCCCCCC)CCCCCCCC. The van der Waals surface area contributed by atoms with Gasteiger partial charge in [0, 0.05) is 32.5 Å². The Kier molecular flexibility index (Phi) is 48.3. The molecule has 0 amide bonds. The first-order chi connectivity index (χ1) is 30.4. The predicted molar refractivity (Wildman–Crippen MR) is 268 cm³/mol. The summed E-state index contributed by atoms with van der Waals surface area (Å²) in [5.41, 5.74) is 0. The fourth-order valence-electron chi connectivity index (χ4n) is 9.02. The lowest BCUT2D eigenvalue weighted by Gasteiger charge is -2.27. The molecule has 0 rings (SSSR count). The molecule has 0 heterocycles. The molecule has 0 unspecified atom stereocenters. The van der Waals surface area contributed by atoms with Gasteiger partial charge < -0.3 is 19.5 Å². The highest BCUT2D eigenvalue weighted by Gasteiger charge is 2.15. The molecule has 0 aliphatic carbocycles. The van der Waals surface area contributed by atoms with E-state index in [1.807, 2.05) is 0 Å². The highest BCUT2D eigenvalue weighted by atomic mass is 16.5. The van der Waals surface area contributed by atoms with E-state index in [2.05, 4.69) is 44.4 Å². The Morgan fingerprint density at radius 2 is 0.661 bits per heavy atom. The summed E-state index contributed by atoms with van der Waals surface area (Å²) < 4.78 is 11.7. The van der Waals surface area contributed by atoms with Crippen molar-refractivity contribution in [3.63, 3.8) is 0 Å². The number of unbranched alkanes of at least 4 members (excludes halogenated alkanes) is 24. The molecule has 0 aromatic rings. The van der Waals surface area contributed by atoms with Gasteiger partial charge in [0.1, 0.15) is 0 Å². The van der Waals surface area contributed by atoms with Crippen molar-refractivity contribution < 1.29 is 24.2 Å². The number of hydrogen-bond acceptors (Lipinski definition) is 7. The van der Waals surface area contributed by atoms with Crippen LogP contribution in [0.25, 0.3) is 0 Å². The molecule has 0 radical (unpaired) electrons. The lowest BCUT2D eigenvalue weighted by atomic mass is 9.94. The second kappa shape index (κ2) is 49.3. The molecule has 0 atom stereocenters. The molecule has 0 aromatic heterocycles. The van der Waals surface area contributed by atoms with Crippen LogP contribution in [-0.2, 0) is 19.1 Å². The monoisotopic (exact) mass is 879 g/mol. The fraction of sp³-hybridized carbons (Fsp3) is 0.964. The van der Waals surface area contributed by atoms with Crippen LogP contribution in [0, 0.1) is 11.8 Å². The van der Waals surface area contributed by atoms with Crippen molar-refractivity contribution in [1.82, 2.24) is 9.80 Å². The number of carbonyl (C=O) groups is 2. The summed E-state index contributed by atoms with van der Waals surface area (Å²) in [6.45, 7) is 18.5. The molecule has 0 aromatic carbocycles. The number of rotatable bonds is 51. The number of carbonyl (C=O) groups excluding carboxylic acids is 2. The summed E-state index contributed by atoms with van der Waals surface area (Å²) >= 11 is 0. The Bertz CT molecular complexity index is 814. The van der Waals surface area contributed by atoms with E-state index in [0.29, 0.717) is 44.4 Å². The van der Waals surface area contributed by atoms with Gasteiger partial charge in [-0.25, -0.2) is 0 Å². The molecule has 0 bridgehead atoms. The van der Waals surface area contributed by atoms with Crippen LogP contribution in [-0.4, -0.2) is 85.9 Å². The third-order valence-corrected chi connectivity index (χ3v) is 13.2. The second-order valence-electron chi connectivity index (χ2n) is 19.4. The quantitative estimate of drug-likeness (QED) is 0.0482. The summed E-state index contributed by atoms with van der Waals surface area (Å²) in [6.07, 6.45) is 44.6. The average Bonchev–Trinajstić information content (AvgIpc) is 3.27. The highest BCUT2D eigenvalue weighted by Crippen LogP contribution is 2.22. The van der Waals surface area contributed by atoms with E-state index in [4.69, 9.17) is 9.47 Å². The van der Waals surface area contributed by atoms with Gasteiger partial charge in [0.05, 0.1) is 19.8 Å². The highest BCUT2D eigenvalue weighted by molar-refractivity contribution is 5.69. The minimum atomic E-state index is -0.0218. The summed E-state index contributed by atoms with van der Waals surface area (Å²) in [5, 5.41) is 9.80. The average molecular weight is 879 g/mol. The Labute approximate surface area is 387 Å². The van der Waals surface area contributed by atoms with Crippen molar-refractivity contribution in [2.75, 3.05) is 59.1 Å². The van der Waals surface area contributed by atoms with Gasteiger partial charge in [0.2, 0.25) is 0 Å². The number of aliphatic hydroxyl groups excluding tert-OH is 1. The molecule has 7 nitrogen and oxygen atoms in total. The van der Waals surface area contributed by atoms with Gasteiger partial charge in [-0.3, -0.25) is 14.5 Å². The van der Waals surface area contributed by atoms with Crippen LogP contribution in [0.15, 0.2) is 0 Å². The molecule has 0 saturated carbocycles. The summed E-state index contributed by atoms with van der Waals surface area (Å²) in [4.78, 5) is 30.4. The Morgan fingerprint density at radius 1 is 0.355 bits per heavy atom. The number of nitrogens with zero attached hydrogens (tertiary/aromatic N) is 2. The maximum atomic E-state index is 12.7. The van der Waals surface area contributed by atoms with Gasteiger partial charge in [-0.1, -0.05) is 202 Å². The van der Waals surface area contributed by atoms with Crippen molar-refractivity contribution >= 4 is 11.9 Å². The van der Waals surface area contributed by atoms with E-state index >= 15 is 0 Å². The van der Waals surface area contributed by atoms with Gasteiger partial charge >= 0.3 is 11.9 Å². The van der Waals surface area contributed by atoms with Crippen molar-refractivity contribution in [2.45, 2.75) is 272 Å². The van der Waals surface area contributed by atoms with Gasteiger partial charge in [-0.15, -0.1) is 0 Å². The largest absolute Gasteiger partial charge is 0.465 e. The van der Waals surface area contributed by atoms with Crippen LogP contribution in [0.2, 0.25) is 0 Å². The first kappa shape index (κ1) is 60.8. The Balaban J connectivity index is 4.48. The third-order valence-electron chi connectivity index (χ3n) is 13.2. The van der Waals surface area contributed by atoms with Crippen LogP contribution >= 0.6 is 0 Å². The standard InChI is InChI=1S/C55H110N2O5/c1-6-11-15-19-23-29-37-52(38-30-24-20-16-12-7-2)50-61-54(59)41-33-27-35-44-56(43-10-5)46-47-57(48-49-58)45-36-28-34-42-55(60)62-51-53(39-31-25-21-17-13-8-3)40-32-26-22-18-14-9-4/h52-53,58H,6-51H2,1-5H3. The zero-order valence-electron chi connectivity index (χ0n) is 42.7. The summed E-state index contributed by atoms with van der Waals surface area (Å²) in [6, 6.07) is 0. The summed E-state index contributed by atoms with van der Waals surface area (Å²) in [7, 11) is 0. The predicted octanol–water partition coefficient (Wildman–Crippen LogP) is 15.4. The van der Waals surface area contributed by atoms with Gasteiger partial charge in [-0.2, -0.15) is 0 Å². The normalized spacial score (nSPS) is 11.8. The minimum absolute atomic E-state index is 0.00547. The fourth-order valence-corrected chi connectivity index (χ4v) is 9.02. The molecular weight excluding hydrogens is 769 g/mol. The van der Waals surface area contributed by atoms with E-state index in [1.165, 1.54) is 180 Å². The summed E-state index contributed by atoms with van der Waals surface area (Å²) in [5.74, 6) is 1.01. The van der Waals surface area contributed by atoms with Gasteiger partial charge in [-0.05, 0) is 89.3 Å². The zero-order valence-corrected chi connectivity index (χ0v) is 42.7. The maximum absolute atomic E-state index is 12.7. The molecule has 1 N–H and O–H groups in total. The first-order valence-corrected chi connectivity index (χ1v) is 27.8. The molecule has 0 aliphatic rings. The maximum Gasteiger partial charge on any atom is 0.305 e. The van der Waals surface area contributed by atoms with E-state index in [-0.39, 0.29) is 18.5 Å². The number of hydrogen-bond donors (Lipinski definition) is 1. The van der Waals surface area contributed by atoms with Gasteiger partial charge in [0.15, 0.2) is 0 Å². The third kappa shape index (κ3) is 42.8. The lowest BCUT2D eigenvalue weighted by molar-refractivity contribution is -0.146. The van der Waals surface area contributed by atoms with Gasteiger partial charge in [0.25, 0.3) is 0 Å². The molecule has 0 saturated heterocycles. The van der Waals surface area contributed by atoms with Crippen molar-refractivity contribution in [2.24, 2.45) is 11.8 Å². The number of esters is 2. The van der Waals surface area contributed by atoms with E-state index < -0.39 is 0 Å². The Morgan fingerprint density at radius 3 is 0.984 bits per heavy atom. The van der Waals surface area contributed by atoms with E-state index in [9.17, 15) is 14.7 Å². The first-order valence-electron chi connectivity index (χ1n) is 27.8. The van der Waals surface area contributed by atoms with Crippen LogP contribution in [0.1, 0.15) is 272 Å². The van der Waals surface area contributed by atoms with Crippen LogP contribution in [0.5, 0.6) is 0 Å². The van der Waals surface area contributed by atoms with E-state index in [0.717, 1.165) is 77.7 Å². The van der Waals surface area contributed by atoms with Crippen LogP contribution in [0.3, 0.4) is 0 Å². The lowest BCUT2D eigenvalue weighted by Crippen LogP contribution is -2.38. The molecular formula is C55H110N2O5. The molecule has 62 heavy (non-hydrogen) atoms. The zero-order chi connectivity index (χ0) is 45.4. The van der Waals surface area contributed by atoms with Crippen molar-refractivity contribution in [3.05, 3.63) is 0 Å². The molecule has 370 valence electrons. The number of ether oxygens (including phenoxy) is 2. The second-order valence-corrected chi connectivity index (χ2v) is 19.4. The molecule has 7 heteroatoms. The topological polar surface area (TPSA) is 79.3 Å². The smallest absolute Gasteiger partial charge is 0.305 e. The molecule has 0 aliphatic heterocycles. The minimum Gasteiger partial charge on any atom is -0.465 e. The molecule has 0 spiro atoms. The molecule has 0 fully saturated rings. The van der Waals surface area contributed by atoms with Crippen LogP contribution < -0.4 is 0 Å². The van der Waals surface area contributed by atoms with Crippen molar-refractivity contribution in [1.29, 1.82) is 0 Å².